The molecule has 2 bridgehead atoms. The zero-order valence-corrected chi connectivity index (χ0v) is 17.4. The van der Waals surface area contributed by atoms with E-state index in [2.05, 4.69) is 36.4 Å². The maximum atomic E-state index is 5.88. The molecule has 0 saturated carbocycles. The fourth-order valence-corrected chi connectivity index (χ4v) is 4.42. The molecule has 130 valence electrons. The lowest BCUT2D eigenvalue weighted by molar-refractivity contribution is 0.0992. The number of aromatic nitrogens is 1. The van der Waals surface area contributed by atoms with Crippen molar-refractivity contribution in [3.8, 4) is 0 Å². The molecule has 0 aromatic carbocycles. The number of aliphatic imine (C=N–C) groups is 1. The van der Waals surface area contributed by atoms with E-state index in [1.54, 1.807) is 11.3 Å². The van der Waals surface area contributed by atoms with E-state index in [-0.39, 0.29) is 24.0 Å². The van der Waals surface area contributed by atoms with Gasteiger partial charge in [-0.2, -0.15) is 0 Å². The van der Waals surface area contributed by atoms with Crippen molar-refractivity contribution >= 4 is 41.3 Å². The number of nitrogens with one attached hydrogen (secondary N) is 2. The second kappa shape index (κ2) is 8.11. The maximum absolute atomic E-state index is 5.88. The van der Waals surface area contributed by atoms with Gasteiger partial charge in [0.15, 0.2) is 5.96 Å². The summed E-state index contributed by atoms with van der Waals surface area (Å²) in [4.78, 5) is 10.4. The lowest BCUT2D eigenvalue weighted by Crippen LogP contribution is -2.47. The Hall–Kier alpha value is -0.410. The van der Waals surface area contributed by atoms with E-state index >= 15 is 0 Å². The molecule has 0 radical (unpaired) electrons. The zero-order chi connectivity index (χ0) is 15.7. The quantitative estimate of drug-likeness (QED) is 0.421. The average Bonchev–Trinajstić information content (AvgIpc) is 3.18. The highest BCUT2D eigenvalue weighted by Gasteiger charge is 2.41. The first-order chi connectivity index (χ1) is 10.6. The van der Waals surface area contributed by atoms with Crippen LogP contribution in [-0.4, -0.2) is 36.2 Å². The van der Waals surface area contributed by atoms with Crippen molar-refractivity contribution in [2.75, 3.05) is 7.05 Å². The van der Waals surface area contributed by atoms with E-state index in [4.69, 9.17) is 9.72 Å². The van der Waals surface area contributed by atoms with Gasteiger partial charge < -0.3 is 15.4 Å². The molecule has 2 N–H and O–H groups in total. The first-order valence-electron chi connectivity index (χ1n) is 8.15. The Morgan fingerprint density at radius 1 is 1.43 bits per heavy atom. The number of hydrogen-bond acceptors (Lipinski definition) is 4. The predicted molar refractivity (Wildman–Crippen MR) is 106 cm³/mol. The molecule has 1 aromatic heterocycles. The molecule has 0 spiro atoms. The van der Waals surface area contributed by atoms with Gasteiger partial charge in [-0.25, -0.2) is 4.98 Å². The summed E-state index contributed by atoms with van der Waals surface area (Å²) < 4.78 is 5.88. The summed E-state index contributed by atoms with van der Waals surface area (Å²) >= 11 is 1.77. The second-order valence-corrected chi connectivity index (χ2v) is 7.78. The van der Waals surface area contributed by atoms with Gasteiger partial charge in [-0.15, -0.1) is 35.3 Å². The van der Waals surface area contributed by atoms with Crippen LogP contribution in [0.2, 0.25) is 0 Å². The molecule has 3 rings (SSSR count). The van der Waals surface area contributed by atoms with Crippen molar-refractivity contribution < 1.29 is 4.74 Å². The predicted octanol–water partition coefficient (Wildman–Crippen LogP) is 3.18. The third kappa shape index (κ3) is 4.36. The largest absolute Gasteiger partial charge is 0.373 e. The second-order valence-electron chi connectivity index (χ2n) is 6.49. The monoisotopic (exact) mass is 450 g/mol. The summed E-state index contributed by atoms with van der Waals surface area (Å²) in [6.07, 6.45) is 4.29. The van der Waals surface area contributed by atoms with Crippen LogP contribution in [-0.2, 0) is 11.3 Å². The fourth-order valence-electron chi connectivity index (χ4n) is 3.40. The van der Waals surface area contributed by atoms with E-state index in [1.165, 1.54) is 23.4 Å². The maximum Gasteiger partial charge on any atom is 0.191 e. The van der Waals surface area contributed by atoms with E-state index < -0.39 is 0 Å². The third-order valence-corrected chi connectivity index (χ3v) is 5.47. The van der Waals surface area contributed by atoms with Crippen molar-refractivity contribution in [1.29, 1.82) is 0 Å². The summed E-state index contributed by atoms with van der Waals surface area (Å²) in [6.45, 7) is 7.25. The molecular formula is C16H27IN4OS. The van der Waals surface area contributed by atoms with Crippen LogP contribution in [0.1, 0.15) is 54.6 Å². The van der Waals surface area contributed by atoms with Crippen LogP contribution >= 0.6 is 35.3 Å². The van der Waals surface area contributed by atoms with Crippen LogP contribution in [0.15, 0.2) is 4.99 Å². The van der Waals surface area contributed by atoms with Gasteiger partial charge in [0.1, 0.15) is 5.01 Å². The Labute approximate surface area is 159 Å². The first-order valence-corrected chi connectivity index (χ1v) is 8.97. The van der Waals surface area contributed by atoms with E-state index in [1.807, 2.05) is 7.05 Å². The minimum Gasteiger partial charge on any atom is -0.373 e. The summed E-state index contributed by atoms with van der Waals surface area (Å²) in [7, 11) is 1.82. The number of fused-ring (bicyclic) bond motifs is 2. The van der Waals surface area contributed by atoms with Gasteiger partial charge in [-0.1, -0.05) is 13.8 Å². The van der Waals surface area contributed by atoms with Crippen molar-refractivity contribution in [1.82, 2.24) is 15.6 Å². The zero-order valence-electron chi connectivity index (χ0n) is 14.3. The molecule has 0 amide bonds. The number of aryl methyl sites for hydroxylation is 1. The van der Waals surface area contributed by atoms with Gasteiger partial charge in [0.25, 0.3) is 0 Å². The Bertz CT molecular complexity index is 560. The smallest absolute Gasteiger partial charge is 0.191 e. The summed E-state index contributed by atoms with van der Waals surface area (Å²) in [5.74, 6) is 1.33. The van der Waals surface area contributed by atoms with E-state index in [0.717, 1.165) is 23.9 Å². The highest BCUT2D eigenvalue weighted by atomic mass is 127. The van der Waals surface area contributed by atoms with Crippen molar-refractivity contribution in [3.63, 3.8) is 0 Å². The summed E-state index contributed by atoms with van der Waals surface area (Å²) in [5.41, 5.74) is 1.21. The van der Waals surface area contributed by atoms with Gasteiger partial charge in [-0.05, 0) is 32.1 Å². The Morgan fingerprint density at radius 3 is 2.74 bits per heavy atom. The Morgan fingerprint density at radius 2 is 2.22 bits per heavy atom. The van der Waals surface area contributed by atoms with Gasteiger partial charge in [0.05, 0.1) is 30.5 Å². The van der Waals surface area contributed by atoms with Crippen molar-refractivity contribution in [2.24, 2.45) is 4.99 Å². The number of thiazole rings is 1. The average molecular weight is 450 g/mol. The minimum absolute atomic E-state index is 0. The molecule has 1 aromatic rings. The minimum atomic E-state index is 0. The standard InChI is InChI=1S/C16H26N4OS.HI/c1-9(2)15-10(3)22-14(20-15)8-18-16(17-4)19-12-7-11-5-6-13(12)21-11;/h9,11-13H,5-8H2,1-4H3,(H2,17,18,19);1H. The molecular weight excluding hydrogens is 423 g/mol. The Kier molecular flexibility index (Phi) is 6.67. The van der Waals surface area contributed by atoms with Crippen LogP contribution < -0.4 is 10.6 Å². The molecule has 7 heteroatoms. The number of guanidine groups is 1. The number of rotatable bonds is 4. The van der Waals surface area contributed by atoms with Crippen molar-refractivity contribution in [3.05, 3.63) is 15.6 Å². The molecule has 23 heavy (non-hydrogen) atoms. The van der Waals surface area contributed by atoms with Crippen LogP contribution in [0.4, 0.5) is 0 Å². The van der Waals surface area contributed by atoms with Gasteiger partial charge in [0, 0.05) is 11.9 Å². The molecule has 2 saturated heterocycles. The lowest BCUT2D eigenvalue weighted by atomic mass is 9.96. The summed E-state index contributed by atoms with van der Waals surface area (Å²) in [5, 5.41) is 8.00. The highest BCUT2D eigenvalue weighted by Crippen LogP contribution is 2.34. The number of hydrogen-bond donors (Lipinski definition) is 2. The molecule has 2 aliphatic rings. The molecule has 0 aliphatic carbocycles. The SMILES string of the molecule is CN=C(NCc1nc(C(C)C)c(C)s1)NC1CC2CCC1O2.I. The lowest BCUT2D eigenvalue weighted by Gasteiger charge is -2.22. The topological polar surface area (TPSA) is 58.5 Å². The number of halogens is 1. The Balaban J connectivity index is 0.00000192. The third-order valence-electron chi connectivity index (χ3n) is 4.48. The molecule has 2 aliphatic heterocycles. The van der Waals surface area contributed by atoms with Crippen LogP contribution in [0.5, 0.6) is 0 Å². The summed E-state index contributed by atoms with van der Waals surface area (Å²) in [6, 6.07) is 0.397. The highest BCUT2D eigenvalue weighted by molar-refractivity contribution is 14.0. The number of ether oxygens (including phenoxy) is 1. The molecule has 2 fully saturated rings. The molecule has 3 unspecified atom stereocenters. The van der Waals surface area contributed by atoms with E-state index in [0.29, 0.717) is 24.2 Å². The fraction of sp³-hybridized carbons (Fsp3) is 0.750. The van der Waals surface area contributed by atoms with Gasteiger partial charge in [-0.3, -0.25) is 4.99 Å². The van der Waals surface area contributed by atoms with Crippen LogP contribution in [0, 0.1) is 6.92 Å². The normalized spacial score (nSPS) is 26.5. The van der Waals surface area contributed by atoms with E-state index in [9.17, 15) is 0 Å². The van der Waals surface area contributed by atoms with Gasteiger partial charge in [0.2, 0.25) is 0 Å². The van der Waals surface area contributed by atoms with Crippen LogP contribution in [0.25, 0.3) is 0 Å². The molecule has 3 heterocycles. The number of nitrogens with zero attached hydrogens (tertiary/aromatic N) is 2. The molecule has 5 nitrogen and oxygen atoms in total. The van der Waals surface area contributed by atoms with Gasteiger partial charge >= 0.3 is 0 Å². The van der Waals surface area contributed by atoms with Crippen molar-refractivity contribution in [2.45, 2.75) is 70.7 Å². The molecule has 3 atom stereocenters. The first kappa shape index (κ1) is 18.9. The van der Waals surface area contributed by atoms with Crippen LogP contribution in [0.3, 0.4) is 0 Å².